The molecule has 7 heteroatoms. The van der Waals surface area contributed by atoms with Crippen LogP contribution in [0.2, 0.25) is 0 Å². The molecule has 0 heterocycles. The molecular weight excluding hydrogens is 312 g/mol. The van der Waals surface area contributed by atoms with Crippen molar-refractivity contribution in [3.63, 3.8) is 0 Å². The Morgan fingerprint density at radius 1 is 0.958 bits per heavy atom. The first-order valence-corrected chi connectivity index (χ1v) is 7.54. The number of imide groups is 1. The monoisotopic (exact) mass is 338 g/mol. The topological polar surface area (TPSA) is 91.1 Å². The Kier molecular flexibility index (Phi) is 5.71. The predicted molar refractivity (Wildman–Crippen MR) is 92.4 cm³/mol. The van der Waals surface area contributed by atoms with E-state index in [4.69, 9.17) is 19.9 Å². The lowest BCUT2D eigenvalue weighted by atomic mass is 10.2. The van der Waals surface area contributed by atoms with E-state index in [-0.39, 0.29) is 17.1 Å². The van der Waals surface area contributed by atoms with Crippen molar-refractivity contribution in [2.45, 2.75) is 52.7 Å². The van der Waals surface area contributed by atoms with Crippen LogP contribution < -0.4 is 15.4 Å². The number of nitrogen functional groups attached to an aromatic ring is 1. The van der Waals surface area contributed by atoms with Gasteiger partial charge in [-0.05, 0) is 53.7 Å². The molecular formula is C17H26N2O5. The number of carbonyl (C=O) groups excluding carboxylic acids is 2. The molecule has 7 nitrogen and oxygen atoms in total. The minimum atomic E-state index is -0.895. The third kappa shape index (κ3) is 5.33. The van der Waals surface area contributed by atoms with E-state index in [1.165, 1.54) is 7.11 Å². The summed E-state index contributed by atoms with van der Waals surface area (Å²) in [6, 6.07) is 4.80. The van der Waals surface area contributed by atoms with E-state index in [0.717, 1.165) is 4.90 Å². The summed E-state index contributed by atoms with van der Waals surface area (Å²) in [4.78, 5) is 26.0. The molecule has 1 aromatic carbocycles. The fraction of sp³-hybridized carbons (Fsp3) is 0.529. The van der Waals surface area contributed by atoms with Gasteiger partial charge < -0.3 is 19.9 Å². The lowest BCUT2D eigenvalue weighted by Gasteiger charge is -2.29. The van der Waals surface area contributed by atoms with Crippen molar-refractivity contribution in [2.24, 2.45) is 0 Å². The maximum atomic E-state index is 12.6. The number of hydrogen-bond acceptors (Lipinski definition) is 6. The van der Waals surface area contributed by atoms with Crippen LogP contribution >= 0.6 is 0 Å². The first-order valence-electron chi connectivity index (χ1n) is 7.54. The number of anilines is 2. The molecule has 0 saturated carbocycles. The Morgan fingerprint density at radius 3 is 1.79 bits per heavy atom. The first kappa shape index (κ1) is 19.6. The van der Waals surface area contributed by atoms with Gasteiger partial charge in [-0.25, -0.2) is 9.59 Å². The fourth-order valence-corrected chi connectivity index (χ4v) is 1.82. The lowest BCUT2D eigenvalue weighted by Crippen LogP contribution is -2.44. The van der Waals surface area contributed by atoms with Crippen LogP contribution in [0.3, 0.4) is 0 Å². The van der Waals surface area contributed by atoms with Crippen LogP contribution in [0.25, 0.3) is 0 Å². The Hall–Kier alpha value is -2.44. The normalized spacial score (nSPS) is 11.6. The maximum absolute atomic E-state index is 12.6. The van der Waals surface area contributed by atoms with Crippen LogP contribution in [-0.2, 0) is 9.47 Å². The number of rotatable bonds is 2. The van der Waals surface area contributed by atoms with Crippen molar-refractivity contribution >= 4 is 23.6 Å². The molecule has 2 N–H and O–H groups in total. The molecule has 1 rings (SSSR count). The van der Waals surface area contributed by atoms with Crippen LogP contribution in [0, 0.1) is 0 Å². The van der Waals surface area contributed by atoms with Crippen molar-refractivity contribution < 1.29 is 23.8 Å². The van der Waals surface area contributed by atoms with Gasteiger partial charge in [0.1, 0.15) is 22.6 Å². The second-order valence-electron chi connectivity index (χ2n) is 7.19. The van der Waals surface area contributed by atoms with Gasteiger partial charge in [-0.3, -0.25) is 0 Å². The highest BCUT2D eigenvalue weighted by Gasteiger charge is 2.35. The highest BCUT2D eigenvalue weighted by atomic mass is 16.6. The van der Waals surface area contributed by atoms with Gasteiger partial charge >= 0.3 is 12.2 Å². The van der Waals surface area contributed by atoms with Gasteiger partial charge in [0, 0.05) is 0 Å². The van der Waals surface area contributed by atoms with Gasteiger partial charge in [0.25, 0.3) is 0 Å². The van der Waals surface area contributed by atoms with E-state index < -0.39 is 23.4 Å². The largest absolute Gasteiger partial charge is 0.494 e. The van der Waals surface area contributed by atoms with Gasteiger partial charge in [-0.1, -0.05) is 6.07 Å². The van der Waals surface area contributed by atoms with E-state index in [1.54, 1.807) is 59.7 Å². The molecule has 1 aromatic rings. The maximum Gasteiger partial charge on any atom is 0.424 e. The molecule has 0 atom stereocenters. The second kappa shape index (κ2) is 6.98. The highest BCUT2D eigenvalue weighted by molar-refractivity contribution is 6.12. The molecule has 0 fully saturated rings. The zero-order valence-corrected chi connectivity index (χ0v) is 15.3. The Bertz CT molecular complexity index is 586. The average Bonchev–Trinajstić information content (AvgIpc) is 2.36. The molecule has 134 valence electrons. The molecule has 0 saturated heterocycles. The van der Waals surface area contributed by atoms with Crippen molar-refractivity contribution in [3.05, 3.63) is 18.2 Å². The summed E-state index contributed by atoms with van der Waals surface area (Å²) in [6.07, 6.45) is -1.79. The quantitative estimate of drug-likeness (QED) is 0.821. The molecule has 0 aromatic heterocycles. The van der Waals surface area contributed by atoms with Gasteiger partial charge in [0.05, 0.1) is 12.8 Å². The zero-order valence-electron chi connectivity index (χ0n) is 15.3. The number of ether oxygens (including phenoxy) is 3. The summed E-state index contributed by atoms with van der Waals surface area (Å²) in [5.41, 5.74) is 4.64. The standard InChI is InChI=1S/C17H26N2O5/c1-16(2,3)23-14(20)19(15(21)24-17(4,5)6)13-11(18)9-8-10-12(13)22-7/h8-10H,18H2,1-7H3. The number of hydrogen-bond donors (Lipinski definition) is 1. The number of carbonyl (C=O) groups is 2. The van der Waals surface area contributed by atoms with Crippen molar-refractivity contribution in [3.8, 4) is 5.75 Å². The molecule has 0 spiro atoms. The molecule has 24 heavy (non-hydrogen) atoms. The average molecular weight is 338 g/mol. The summed E-state index contributed by atoms with van der Waals surface area (Å²) >= 11 is 0. The number of methoxy groups -OCH3 is 1. The lowest BCUT2D eigenvalue weighted by molar-refractivity contribution is 0.0429. The molecule has 0 bridgehead atoms. The summed E-state index contributed by atoms with van der Waals surface area (Å²) in [5, 5.41) is 0. The molecule has 0 aliphatic carbocycles. The Balaban J connectivity index is 3.39. The zero-order chi connectivity index (χ0) is 18.7. The van der Waals surface area contributed by atoms with E-state index in [0.29, 0.717) is 0 Å². The number of nitrogens with two attached hydrogens (primary N) is 1. The second-order valence-corrected chi connectivity index (χ2v) is 7.19. The highest BCUT2D eigenvalue weighted by Crippen LogP contribution is 2.36. The minimum absolute atomic E-state index is 0.0866. The Labute approximate surface area is 142 Å². The fourth-order valence-electron chi connectivity index (χ4n) is 1.82. The Morgan fingerprint density at radius 2 is 1.42 bits per heavy atom. The van der Waals surface area contributed by atoms with Gasteiger partial charge in [0.2, 0.25) is 0 Å². The van der Waals surface area contributed by atoms with E-state index >= 15 is 0 Å². The molecule has 0 aliphatic rings. The van der Waals surface area contributed by atoms with Crippen LogP contribution in [0.15, 0.2) is 18.2 Å². The third-order valence-corrected chi connectivity index (χ3v) is 2.63. The van der Waals surface area contributed by atoms with E-state index in [9.17, 15) is 9.59 Å². The summed E-state index contributed by atoms with van der Waals surface area (Å²) < 4.78 is 15.9. The SMILES string of the molecule is COc1cccc(N)c1N(C(=O)OC(C)(C)C)C(=O)OC(C)(C)C. The predicted octanol–water partition coefficient (Wildman–Crippen LogP) is 3.95. The van der Waals surface area contributed by atoms with Gasteiger partial charge in [-0.2, -0.15) is 4.90 Å². The molecule has 2 amide bonds. The van der Waals surface area contributed by atoms with Crippen molar-refractivity contribution in [2.75, 3.05) is 17.7 Å². The number of para-hydroxylation sites is 1. The number of benzene rings is 1. The molecule has 0 radical (unpaired) electrons. The van der Waals surface area contributed by atoms with Crippen molar-refractivity contribution in [1.29, 1.82) is 0 Å². The van der Waals surface area contributed by atoms with E-state index in [2.05, 4.69) is 0 Å². The van der Waals surface area contributed by atoms with Crippen LogP contribution in [0.5, 0.6) is 5.75 Å². The third-order valence-electron chi connectivity index (χ3n) is 2.63. The van der Waals surface area contributed by atoms with Gasteiger partial charge in [-0.15, -0.1) is 0 Å². The first-order chi connectivity index (χ1) is 10.9. The van der Waals surface area contributed by atoms with E-state index in [1.807, 2.05) is 0 Å². The van der Waals surface area contributed by atoms with Crippen LogP contribution in [-0.4, -0.2) is 30.5 Å². The molecule has 0 unspecified atom stereocenters. The summed E-state index contributed by atoms with van der Waals surface area (Å²) in [5.74, 6) is 0.256. The summed E-state index contributed by atoms with van der Waals surface area (Å²) in [7, 11) is 1.42. The molecule has 0 aliphatic heterocycles. The number of nitrogens with zero attached hydrogens (tertiary/aromatic N) is 1. The smallest absolute Gasteiger partial charge is 0.424 e. The minimum Gasteiger partial charge on any atom is -0.494 e. The summed E-state index contributed by atoms with van der Waals surface area (Å²) in [6.45, 7) is 10.2. The van der Waals surface area contributed by atoms with Crippen molar-refractivity contribution in [1.82, 2.24) is 0 Å². The van der Waals surface area contributed by atoms with Crippen LogP contribution in [0.1, 0.15) is 41.5 Å². The number of amides is 2. The van der Waals surface area contributed by atoms with Crippen LogP contribution in [0.4, 0.5) is 21.0 Å². The van der Waals surface area contributed by atoms with Gasteiger partial charge in [0.15, 0.2) is 0 Å².